The highest BCUT2D eigenvalue weighted by molar-refractivity contribution is 6.33. The monoisotopic (exact) mass is 213 g/mol. The average Bonchev–Trinajstić information content (AvgIpc) is 2.08. The molecular formula is C10H12ClNO2. The van der Waals surface area contributed by atoms with Crippen molar-refractivity contribution >= 4 is 23.3 Å². The van der Waals surface area contributed by atoms with E-state index in [0.717, 1.165) is 0 Å². The van der Waals surface area contributed by atoms with E-state index in [-0.39, 0.29) is 0 Å². The van der Waals surface area contributed by atoms with E-state index in [1.807, 2.05) is 0 Å². The molecule has 0 radical (unpaired) electrons. The van der Waals surface area contributed by atoms with E-state index in [2.05, 4.69) is 5.32 Å². The Labute approximate surface area is 87.7 Å². The summed E-state index contributed by atoms with van der Waals surface area (Å²) in [6, 6.07) is 7.04. The lowest BCUT2D eigenvalue weighted by atomic mass is 10.1. The average molecular weight is 214 g/mol. The minimum atomic E-state index is -1.02. The van der Waals surface area contributed by atoms with Crippen LogP contribution in [0.3, 0.4) is 0 Å². The van der Waals surface area contributed by atoms with Gasteiger partial charge in [0.1, 0.15) is 5.54 Å². The number of nitrogens with one attached hydrogen (secondary N) is 1. The first kappa shape index (κ1) is 10.9. The van der Waals surface area contributed by atoms with Gasteiger partial charge < -0.3 is 10.4 Å². The van der Waals surface area contributed by atoms with Crippen LogP contribution in [-0.4, -0.2) is 16.6 Å². The molecule has 0 heterocycles. The summed E-state index contributed by atoms with van der Waals surface area (Å²) in [4.78, 5) is 10.8. The number of hydrogen-bond donors (Lipinski definition) is 2. The molecular weight excluding hydrogens is 202 g/mol. The van der Waals surface area contributed by atoms with Gasteiger partial charge in [0.25, 0.3) is 0 Å². The van der Waals surface area contributed by atoms with Crippen LogP contribution < -0.4 is 5.32 Å². The van der Waals surface area contributed by atoms with Crippen LogP contribution in [0.4, 0.5) is 5.69 Å². The molecule has 4 heteroatoms. The van der Waals surface area contributed by atoms with E-state index in [0.29, 0.717) is 10.7 Å². The van der Waals surface area contributed by atoms with Gasteiger partial charge in [0.2, 0.25) is 0 Å². The summed E-state index contributed by atoms with van der Waals surface area (Å²) < 4.78 is 0. The normalized spacial score (nSPS) is 11.1. The number of anilines is 1. The molecule has 0 saturated heterocycles. The van der Waals surface area contributed by atoms with E-state index in [1.54, 1.807) is 38.1 Å². The van der Waals surface area contributed by atoms with Crippen molar-refractivity contribution in [2.45, 2.75) is 19.4 Å². The van der Waals surface area contributed by atoms with Gasteiger partial charge in [0.05, 0.1) is 10.7 Å². The number of para-hydroxylation sites is 1. The Bertz CT molecular complexity index is 350. The molecule has 0 aliphatic carbocycles. The molecule has 0 saturated carbocycles. The van der Waals surface area contributed by atoms with Gasteiger partial charge in [-0.25, -0.2) is 4.79 Å². The number of hydrogen-bond acceptors (Lipinski definition) is 2. The quantitative estimate of drug-likeness (QED) is 0.812. The highest BCUT2D eigenvalue weighted by Gasteiger charge is 2.27. The van der Waals surface area contributed by atoms with Crippen LogP contribution in [0.2, 0.25) is 5.02 Å². The minimum absolute atomic E-state index is 0.516. The zero-order chi connectivity index (χ0) is 10.8. The number of halogens is 1. The van der Waals surface area contributed by atoms with E-state index in [1.165, 1.54) is 0 Å². The van der Waals surface area contributed by atoms with Gasteiger partial charge in [-0.15, -0.1) is 0 Å². The first-order chi connectivity index (χ1) is 6.43. The predicted octanol–water partition coefficient (Wildman–Crippen LogP) is 2.62. The highest BCUT2D eigenvalue weighted by Crippen LogP contribution is 2.24. The second kappa shape index (κ2) is 3.88. The van der Waals surface area contributed by atoms with Crippen molar-refractivity contribution in [1.82, 2.24) is 0 Å². The van der Waals surface area contributed by atoms with Crippen molar-refractivity contribution in [3.05, 3.63) is 29.3 Å². The van der Waals surface area contributed by atoms with Crippen molar-refractivity contribution in [2.24, 2.45) is 0 Å². The Balaban J connectivity index is 2.89. The van der Waals surface area contributed by atoms with Crippen molar-refractivity contribution in [3.8, 4) is 0 Å². The third-order valence-electron chi connectivity index (χ3n) is 1.86. The fraction of sp³-hybridized carbons (Fsp3) is 0.300. The SMILES string of the molecule is CC(C)(Nc1ccccc1Cl)C(=O)O. The molecule has 1 aromatic carbocycles. The Morgan fingerprint density at radius 3 is 2.50 bits per heavy atom. The van der Waals surface area contributed by atoms with Crippen LogP contribution in [0.1, 0.15) is 13.8 Å². The lowest BCUT2D eigenvalue weighted by molar-refractivity contribution is -0.141. The molecule has 1 rings (SSSR count). The lowest BCUT2D eigenvalue weighted by Gasteiger charge is -2.22. The molecule has 0 aliphatic heterocycles. The van der Waals surface area contributed by atoms with E-state index >= 15 is 0 Å². The van der Waals surface area contributed by atoms with Crippen molar-refractivity contribution in [3.63, 3.8) is 0 Å². The molecule has 14 heavy (non-hydrogen) atoms. The molecule has 0 atom stereocenters. The topological polar surface area (TPSA) is 49.3 Å². The maximum atomic E-state index is 10.8. The van der Waals surface area contributed by atoms with Gasteiger partial charge in [0, 0.05) is 0 Å². The van der Waals surface area contributed by atoms with Gasteiger partial charge >= 0.3 is 5.97 Å². The highest BCUT2D eigenvalue weighted by atomic mass is 35.5. The molecule has 76 valence electrons. The van der Waals surface area contributed by atoms with Crippen molar-refractivity contribution in [2.75, 3.05) is 5.32 Å². The Morgan fingerprint density at radius 1 is 1.43 bits per heavy atom. The third-order valence-corrected chi connectivity index (χ3v) is 2.19. The second-order valence-corrected chi connectivity index (χ2v) is 3.94. The molecule has 0 aliphatic rings. The molecule has 0 spiro atoms. The van der Waals surface area contributed by atoms with Crippen LogP contribution >= 0.6 is 11.6 Å². The predicted molar refractivity (Wildman–Crippen MR) is 56.8 cm³/mol. The Morgan fingerprint density at radius 2 is 2.00 bits per heavy atom. The molecule has 0 unspecified atom stereocenters. The van der Waals surface area contributed by atoms with Crippen LogP contribution in [0.5, 0.6) is 0 Å². The van der Waals surface area contributed by atoms with Gasteiger partial charge in [-0.05, 0) is 26.0 Å². The van der Waals surface area contributed by atoms with E-state index < -0.39 is 11.5 Å². The first-order valence-electron chi connectivity index (χ1n) is 4.19. The van der Waals surface area contributed by atoms with Gasteiger partial charge in [-0.1, -0.05) is 23.7 Å². The maximum Gasteiger partial charge on any atom is 0.328 e. The number of carboxylic acid groups (broad SMARTS) is 1. The van der Waals surface area contributed by atoms with Crippen molar-refractivity contribution in [1.29, 1.82) is 0 Å². The third kappa shape index (κ3) is 2.39. The summed E-state index contributed by atoms with van der Waals surface area (Å²) in [7, 11) is 0. The minimum Gasteiger partial charge on any atom is -0.480 e. The van der Waals surface area contributed by atoms with Crippen LogP contribution in [0.25, 0.3) is 0 Å². The number of benzene rings is 1. The zero-order valence-electron chi connectivity index (χ0n) is 8.04. The molecule has 0 aromatic heterocycles. The lowest BCUT2D eigenvalue weighted by Crippen LogP contribution is -2.40. The number of aliphatic carboxylic acids is 1. The molecule has 1 aromatic rings. The van der Waals surface area contributed by atoms with E-state index in [4.69, 9.17) is 16.7 Å². The summed E-state index contributed by atoms with van der Waals surface area (Å²) in [6.45, 7) is 3.16. The molecule has 0 bridgehead atoms. The number of carbonyl (C=O) groups is 1. The standard InChI is InChI=1S/C10H12ClNO2/c1-10(2,9(13)14)12-8-6-4-3-5-7(8)11/h3-6,12H,1-2H3,(H,13,14). The summed E-state index contributed by atoms with van der Waals surface area (Å²) in [5.74, 6) is -0.919. The maximum absolute atomic E-state index is 10.8. The van der Waals surface area contributed by atoms with Gasteiger partial charge in [-0.2, -0.15) is 0 Å². The Kier molecular flexibility index (Phi) is 3.01. The van der Waals surface area contributed by atoms with Gasteiger partial charge in [0.15, 0.2) is 0 Å². The molecule has 0 amide bonds. The summed E-state index contributed by atoms with van der Waals surface area (Å²) in [6.07, 6.45) is 0. The second-order valence-electron chi connectivity index (χ2n) is 3.53. The number of rotatable bonds is 3. The zero-order valence-corrected chi connectivity index (χ0v) is 8.80. The van der Waals surface area contributed by atoms with Crippen molar-refractivity contribution < 1.29 is 9.90 Å². The number of carboxylic acids is 1. The van der Waals surface area contributed by atoms with Crippen LogP contribution in [0.15, 0.2) is 24.3 Å². The summed E-state index contributed by atoms with van der Waals surface area (Å²) in [5, 5.41) is 12.3. The van der Waals surface area contributed by atoms with Crippen LogP contribution in [-0.2, 0) is 4.79 Å². The molecule has 0 fully saturated rings. The smallest absolute Gasteiger partial charge is 0.328 e. The summed E-state index contributed by atoms with van der Waals surface area (Å²) in [5.41, 5.74) is -0.396. The molecule has 3 nitrogen and oxygen atoms in total. The fourth-order valence-corrected chi connectivity index (χ4v) is 1.14. The fourth-order valence-electron chi connectivity index (χ4n) is 0.953. The first-order valence-corrected chi connectivity index (χ1v) is 4.57. The van der Waals surface area contributed by atoms with Crippen LogP contribution in [0, 0.1) is 0 Å². The van der Waals surface area contributed by atoms with E-state index in [9.17, 15) is 4.79 Å². The summed E-state index contributed by atoms with van der Waals surface area (Å²) >= 11 is 5.88. The molecule has 2 N–H and O–H groups in total. The Hall–Kier alpha value is -1.22. The van der Waals surface area contributed by atoms with Gasteiger partial charge in [-0.3, -0.25) is 0 Å². The largest absolute Gasteiger partial charge is 0.480 e.